The predicted octanol–water partition coefficient (Wildman–Crippen LogP) is 12.0. The molecule has 1 aliphatic rings. The van der Waals surface area contributed by atoms with Crippen LogP contribution in [0.2, 0.25) is 0 Å². The van der Waals surface area contributed by atoms with E-state index in [4.69, 9.17) is 18.6 Å². The molecule has 7 aromatic rings. The van der Waals surface area contributed by atoms with Crippen molar-refractivity contribution in [2.24, 2.45) is 0 Å². The third-order valence-corrected chi connectivity index (χ3v) is 11.1. The van der Waals surface area contributed by atoms with Gasteiger partial charge >= 0.3 is 35.6 Å². The van der Waals surface area contributed by atoms with Crippen LogP contribution >= 0.6 is 18.6 Å². The zero-order chi connectivity index (χ0) is 38.9. The third kappa shape index (κ3) is 7.57. The molecule has 7 heteroatoms. The van der Waals surface area contributed by atoms with E-state index >= 15 is 0 Å². The second kappa shape index (κ2) is 16.5. The minimum atomic E-state index is -0.556. The van der Waals surface area contributed by atoms with Gasteiger partial charge < -0.3 is 15.1 Å². The van der Waals surface area contributed by atoms with Gasteiger partial charge in [-0.05, 0) is 96.4 Å². The number of aromatic hydroxyl groups is 2. The molecule has 0 spiro atoms. The third-order valence-electron chi connectivity index (χ3n) is 11.1. The number of aryl methyl sites for hydroxylation is 2. The maximum absolute atomic E-state index is 12.3. The van der Waals surface area contributed by atoms with E-state index in [1.165, 1.54) is 22.3 Å². The molecule has 2 N–H and O–H groups in total. The normalized spacial score (nSPS) is 12.8. The summed E-state index contributed by atoms with van der Waals surface area (Å²) in [6.45, 7) is 9.16. The standard InChI is InChI=1S/C48H46N2O2.2ClH.Ti/c1-31-24-35(46(51)41(26-31)45-37-16-8-6-14-33(37)28-34-15-7-9-17-38(34)45)29-50(23-22-49(4)5)30-36-25-32(2)27-44(47(36)52)48(3)42-20-12-10-18-39(42)40-19-11-13-21-43(40)48;;;/h6-21,24-28,51-52H,22-23,29-30H2,1-5H3;2*1H;/q;;;+2/p-2. The fourth-order valence-electron chi connectivity index (χ4n) is 8.60. The van der Waals surface area contributed by atoms with Crippen LogP contribution in [-0.2, 0) is 35.5 Å². The molecule has 0 aliphatic heterocycles. The van der Waals surface area contributed by atoms with Crippen molar-refractivity contribution in [3.63, 3.8) is 0 Å². The van der Waals surface area contributed by atoms with Gasteiger partial charge in [0.2, 0.25) is 0 Å². The average Bonchev–Trinajstić information content (AvgIpc) is 3.44. The molecule has 0 bridgehead atoms. The molecule has 0 aromatic heterocycles. The second-order valence-corrected chi connectivity index (χ2v) is 17.7. The Labute approximate surface area is 341 Å². The SMILES string of the molecule is Cc1cc(CN(CCN(C)C)Cc2cc(C)cc(C3(C)c4ccccc4-c4ccccc43)c2O)c(O)c(-c2c3ccccc3cc3ccccc23)c1.[Cl][Ti][Cl]. The fraction of sp³-hybridized carbons (Fsp3) is 0.208. The van der Waals surface area contributed by atoms with Gasteiger partial charge in [-0.3, -0.25) is 4.90 Å². The zero-order valence-corrected chi connectivity index (χ0v) is 35.1. The molecule has 0 atom stereocenters. The number of nitrogens with zero attached hydrogens (tertiary/aromatic N) is 2. The van der Waals surface area contributed by atoms with Gasteiger partial charge in [-0.25, -0.2) is 0 Å². The van der Waals surface area contributed by atoms with Crippen LogP contribution in [0.5, 0.6) is 11.5 Å². The first-order valence-corrected chi connectivity index (χ1v) is 22.9. The average molecular weight is 802 g/mol. The van der Waals surface area contributed by atoms with Crippen molar-refractivity contribution in [1.29, 1.82) is 0 Å². The van der Waals surface area contributed by atoms with Gasteiger partial charge in [-0.15, -0.1) is 0 Å². The molecule has 8 rings (SSSR count). The summed E-state index contributed by atoms with van der Waals surface area (Å²) < 4.78 is 0. The molecule has 0 unspecified atom stereocenters. The first-order valence-electron chi connectivity index (χ1n) is 18.6. The fourth-order valence-corrected chi connectivity index (χ4v) is 8.60. The van der Waals surface area contributed by atoms with Crippen molar-refractivity contribution in [3.05, 3.63) is 166 Å². The van der Waals surface area contributed by atoms with Crippen LogP contribution < -0.4 is 0 Å². The number of benzene rings is 7. The van der Waals surface area contributed by atoms with Gasteiger partial charge in [-0.2, -0.15) is 0 Å². The molecule has 0 fully saturated rings. The van der Waals surface area contributed by atoms with E-state index in [0.717, 1.165) is 73.6 Å². The van der Waals surface area contributed by atoms with Crippen LogP contribution in [-0.4, -0.2) is 47.2 Å². The molecule has 278 valence electrons. The number of likely N-dealkylation sites (N-methyl/N-ethyl adjacent to an activating group) is 1. The van der Waals surface area contributed by atoms with Crippen molar-refractivity contribution in [1.82, 2.24) is 9.80 Å². The van der Waals surface area contributed by atoms with E-state index in [-0.39, 0.29) is 0 Å². The van der Waals surface area contributed by atoms with E-state index < -0.39 is 22.4 Å². The Bertz CT molecular complexity index is 2420. The van der Waals surface area contributed by atoms with Crippen LogP contribution in [0.4, 0.5) is 0 Å². The molecule has 1 aliphatic carbocycles. The van der Waals surface area contributed by atoms with Gasteiger partial charge in [0.05, 0.1) is 0 Å². The molecule has 0 heterocycles. The van der Waals surface area contributed by atoms with E-state index in [9.17, 15) is 10.2 Å². The van der Waals surface area contributed by atoms with Gasteiger partial charge in [0.1, 0.15) is 11.5 Å². The van der Waals surface area contributed by atoms with Gasteiger partial charge in [-0.1, -0.05) is 121 Å². The Morgan fingerprint density at radius 1 is 0.564 bits per heavy atom. The van der Waals surface area contributed by atoms with Crippen molar-refractivity contribution in [2.75, 3.05) is 27.2 Å². The van der Waals surface area contributed by atoms with Crippen molar-refractivity contribution in [2.45, 2.75) is 39.3 Å². The van der Waals surface area contributed by atoms with Crippen molar-refractivity contribution in [3.8, 4) is 33.8 Å². The minimum absolute atomic E-state index is 0.308. The van der Waals surface area contributed by atoms with Crippen molar-refractivity contribution < 1.29 is 27.2 Å². The topological polar surface area (TPSA) is 46.9 Å². The Morgan fingerprint density at radius 2 is 1.04 bits per heavy atom. The summed E-state index contributed by atoms with van der Waals surface area (Å²) in [5, 5.41) is 29.0. The predicted molar refractivity (Wildman–Crippen MR) is 228 cm³/mol. The number of hydrogen-bond acceptors (Lipinski definition) is 4. The summed E-state index contributed by atoms with van der Waals surface area (Å²) >= 11 is -0.556. The molecule has 0 amide bonds. The molecule has 0 radical (unpaired) electrons. The van der Waals surface area contributed by atoms with Crippen LogP contribution in [0.1, 0.15) is 45.9 Å². The van der Waals surface area contributed by atoms with Crippen LogP contribution in [0, 0.1) is 13.8 Å². The van der Waals surface area contributed by atoms with E-state index in [1.807, 2.05) is 0 Å². The number of hydrogen-bond donors (Lipinski definition) is 2. The molecule has 0 saturated carbocycles. The van der Waals surface area contributed by atoms with E-state index in [2.05, 4.69) is 172 Å². The molecule has 55 heavy (non-hydrogen) atoms. The Balaban J connectivity index is 0.00000150. The Hall–Kier alpha value is -4.13. The Kier molecular flexibility index (Phi) is 11.8. The summed E-state index contributed by atoms with van der Waals surface area (Å²) in [6.07, 6.45) is 0. The number of halogens is 2. The van der Waals surface area contributed by atoms with Gasteiger partial charge in [0, 0.05) is 59.4 Å². The van der Waals surface area contributed by atoms with Crippen LogP contribution in [0.15, 0.2) is 127 Å². The van der Waals surface area contributed by atoms with Gasteiger partial charge in [0.15, 0.2) is 0 Å². The summed E-state index contributed by atoms with van der Waals surface area (Å²) in [4.78, 5) is 4.54. The van der Waals surface area contributed by atoms with Crippen LogP contribution in [0.25, 0.3) is 43.8 Å². The second-order valence-electron chi connectivity index (χ2n) is 15.1. The van der Waals surface area contributed by atoms with E-state index in [0.29, 0.717) is 24.6 Å². The van der Waals surface area contributed by atoms with E-state index in [1.54, 1.807) is 0 Å². The molecular weight excluding hydrogens is 755 g/mol. The first kappa shape index (κ1) is 39.1. The molecule has 7 aromatic carbocycles. The number of phenols is 2. The van der Waals surface area contributed by atoms with Crippen LogP contribution in [0.3, 0.4) is 0 Å². The maximum atomic E-state index is 12.3. The number of fused-ring (bicyclic) bond motifs is 5. The molecular formula is C48H46Cl2N2O2Ti. The first-order chi connectivity index (χ1) is 26.5. The van der Waals surface area contributed by atoms with Gasteiger partial charge in [0.25, 0.3) is 0 Å². The summed E-state index contributed by atoms with van der Waals surface area (Å²) in [7, 11) is 14.0. The molecule has 0 saturated heterocycles. The summed E-state index contributed by atoms with van der Waals surface area (Å²) in [5.41, 5.74) is 11.2. The number of phenolic OH excluding ortho intramolecular Hbond substituents is 2. The monoisotopic (exact) mass is 800 g/mol. The van der Waals surface area contributed by atoms with Crippen molar-refractivity contribution >= 4 is 40.2 Å². The Morgan fingerprint density at radius 3 is 1.58 bits per heavy atom. The molecule has 4 nitrogen and oxygen atoms in total. The summed E-state index contributed by atoms with van der Waals surface area (Å²) in [5.74, 6) is 0.647. The quantitative estimate of drug-likeness (QED) is 0.113. The number of rotatable bonds is 9. The zero-order valence-electron chi connectivity index (χ0n) is 32.0. The summed E-state index contributed by atoms with van der Waals surface area (Å²) in [6, 6.07) is 44.8.